The molecule has 0 radical (unpaired) electrons. The van der Waals surface area contributed by atoms with Gasteiger partial charge in [0.2, 0.25) is 5.91 Å². The molecule has 6 heteroatoms. The molecule has 1 aromatic rings. The fourth-order valence-electron chi connectivity index (χ4n) is 0.556. The number of halogens is 1. The molecule has 0 saturated carbocycles. The molecule has 5 nitrogen and oxygen atoms in total. The van der Waals surface area contributed by atoms with Gasteiger partial charge in [0.05, 0.1) is 16.9 Å². The van der Waals surface area contributed by atoms with Crippen molar-refractivity contribution < 1.29 is 14.3 Å². The number of rotatable bonds is 1. The van der Waals surface area contributed by atoms with Gasteiger partial charge in [0.1, 0.15) is 0 Å². The lowest BCUT2D eigenvalue weighted by atomic mass is 10.7. The Morgan fingerprint density at radius 1 is 1.67 bits per heavy atom. The van der Waals surface area contributed by atoms with Crippen LogP contribution >= 0.6 is 22.6 Å². The van der Waals surface area contributed by atoms with Crippen LogP contribution in [0.25, 0.3) is 0 Å². The van der Waals surface area contributed by atoms with Gasteiger partial charge in [-0.25, -0.2) is 9.48 Å². The Kier molecular flexibility index (Phi) is 6.59. The van der Waals surface area contributed by atoms with Crippen LogP contribution in [0.3, 0.4) is 0 Å². The normalized spacial score (nSPS) is 8.47. The lowest BCUT2D eigenvalue weighted by Gasteiger charge is -1.87. The maximum atomic E-state index is 10.6. The lowest BCUT2D eigenvalue weighted by Crippen LogP contribution is -2.04. The Bertz CT molecular complexity index is 360. The van der Waals surface area contributed by atoms with E-state index in [1.54, 1.807) is 12.4 Å². The van der Waals surface area contributed by atoms with Crippen molar-refractivity contribution in [3.8, 4) is 0 Å². The fraction of sp³-hybridized carbons (Fsp3) is 0.222. The highest BCUT2D eigenvalue weighted by molar-refractivity contribution is 14.1. The van der Waals surface area contributed by atoms with Gasteiger partial charge in [0.25, 0.3) is 0 Å². The van der Waals surface area contributed by atoms with Crippen molar-refractivity contribution >= 4 is 34.5 Å². The first-order valence-electron chi connectivity index (χ1n) is 3.92. The molecule has 0 amide bonds. The van der Waals surface area contributed by atoms with Crippen LogP contribution in [0.5, 0.6) is 0 Å². The van der Waals surface area contributed by atoms with Crippen molar-refractivity contribution in [1.82, 2.24) is 9.78 Å². The molecule has 0 aliphatic heterocycles. The van der Waals surface area contributed by atoms with Crippen LogP contribution in [0.2, 0.25) is 0 Å². The topological polar surface area (TPSA) is 61.2 Å². The molecular weight excluding hydrogens is 311 g/mol. The number of aromatic nitrogens is 2. The van der Waals surface area contributed by atoms with E-state index in [2.05, 4.69) is 39.0 Å². The number of ether oxygens (including phenoxy) is 1. The van der Waals surface area contributed by atoms with E-state index in [0.29, 0.717) is 0 Å². The minimum atomic E-state index is -0.394. The third kappa shape index (κ3) is 6.00. The molecule has 1 aromatic heterocycles. The maximum absolute atomic E-state index is 10.6. The molecule has 0 aliphatic rings. The zero-order valence-corrected chi connectivity index (χ0v) is 10.6. The number of methoxy groups -OCH3 is 1. The van der Waals surface area contributed by atoms with Crippen LogP contribution in [0, 0.1) is 3.57 Å². The van der Waals surface area contributed by atoms with E-state index < -0.39 is 5.97 Å². The summed E-state index contributed by atoms with van der Waals surface area (Å²) in [6, 6.07) is 0. The van der Waals surface area contributed by atoms with E-state index in [1.165, 1.54) is 18.7 Å². The first-order valence-corrected chi connectivity index (χ1v) is 5.00. The van der Waals surface area contributed by atoms with E-state index in [-0.39, 0.29) is 5.91 Å². The summed E-state index contributed by atoms with van der Waals surface area (Å²) in [6.45, 7) is 4.63. The summed E-state index contributed by atoms with van der Waals surface area (Å²) in [7, 11) is 1.31. The number of carbonyl (C=O) groups is 2. The Morgan fingerprint density at radius 2 is 2.27 bits per heavy atom. The summed E-state index contributed by atoms with van der Waals surface area (Å²) in [5.74, 6) is -0.451. The highest BCUT2D eigenvalue weighted by Gasteiger charge is 1.96. The molecule has 0 aromatic carbocycles. The predicted octanol–water partition coefficient (Wildman–Crippen LogP) is 1.49. The SMILES string of the molecule is C=CC(=O)OC.CC(=O)n1cc(I)cn1. The van der Waals surface area contributed by atoms with E-state index in [0.717, 1.165) is 9.65 Å². The summed E-state index contributed by atoms with van der Waals surface area (Å²) in [6.07, 6.45) is 4.44. The minimum absolute atomic E-state index is 0.0575. The van der Waals surface area contributed by atoms with Gasteiger partial charge in [-0.05, 0) is 22.6 Å². The molecule has 0 spiro atoms. The first kappa shape index (κ1) is 13.8. The van der Waals surface area contributed by atoms with Crippen LogP contribution in [-0.4, -0.2) is 28.8 Å². The molecule has 0 aliphatic carbocycles. The first-order chi connectivity index (χ1) is 7.01. The molecule has 0 atom stereocenters. The van der Waals surface area contributed by atoms with Crippen LogP contribution in [0.15, 0.2) is 25.0 Å². The highest BCUT2D eigenvalue weighted by atomic mass is 127. The number of esters is 1. The minimum Gasteiger partial charge on any atom is -0.466 e. The lowest BCUT2D eigenvalue weighted by molar-refractivity contribution is -0.134. The summed E-state index contributed by atoms with van der Waals surface area (Å²) in [4.78, 5) is 20.4. The monoisotopic (exact) mass is 322 g/mol. The third-order valence-electron chi connectivity index (χ3n) is 1.24. The Balaban J connectivity index is 0.000000288. The molecule has 0 saturated heterocycles. The summed E-state index contributed by atoms with van der Waals surface area (Å²) in [5.41, 5.74) is 0. The van der Waals surface area contributed by atoms with Crippen LogP contribution < -0.4 is 0 Å². The largest absolute Gasteiger partial charge is 0.466 e. The van der Waals surface area contributed by atoms with Gasteiger partial charge >= 0.3 is 5.97 Å². The van der Waals surface area contributed by atoms with Gasteiger partial charge in [-0.2, -0.15) is 5.10 Å². The second-order valence-electron chi connectivity index (χ2n) is 2.35. The van der Waals surface area contributed by atoms with Gasteiger partial charge in [-0.15, -0.1) is 0 Å². The third-order valence-corrected chi connectivity index (χ3v) is 1.80. The van der Waals surface area contributed by atoms with Gasteiger partial charge in [-0.3, -0.25) is 4.79 Å². The maximum Gasteiger partial charge on any atom is 0.329 e. The van der Waals surface area contributed by atoms with E-state index >= 15 is 0 Å². The number of hydrogen-bond acceptors (Lipinski definition) is 4. The standard InChI is InChI=1S/C5H5IN2O.C4H6O2/c1-4(9)8-3-5(6)2-7-8;1-3-4(5)6-2/h2-3H,1H3;3H,1H2,2H3. The molecule has 0 unspecified atom stereocenters. The Morgan fingerprint density at radius 3 is 2.40 bits per heavy atom. The second-order valence-corrected chi connectivity index (χ2v) is 3.60. The summed E-state index contributed by atoms with van der Waals surface area (Å²) >= 11 is 2.10. The second kappa shape index (κ2) is 7.16. The van der Waals surface area contributed by atoms with Gasteiger partial charge in [0.15, 0.2) is 0 Å². The number of nitrogens with zero attached hydrogens (tertiary/aromatic N) is 2. The van der Waals surface area contributed by atoms with E-state index in [9.17, 15) is 9.59 Å². The van der Waals surface area contributed by atoms with Gasteiger partial charge < -0.3 is 4.74 Å². The van der Waals surface area contributed by atoms with Crippen LogP contribution in [0.4, 0.5) is 0 Å². The van der Waals surface area contributed by atoms with Crippen molar-refractivity contribution in [2.75, 3.05) is 7.11 Å². The fourth-order valence-corrected chi connectivity index (χ4v) is 0.945. The summed E-state index contributed by atoms with van der Waals surface area (Å²) in [5, 5.41) is 3.77. The van der Waals surface area contributed by atoms with Crippen molar-refractivity contribution in [2.24, 2.45) is 0 Å². The number of hydrogen-bond donors (Lipinski definition) is 0. The van der Waals surface area contributed by atoms with Crippen molar-refractivity contribution in [3.05, 3.63) is 28.6 Å². The van der Waals surface area contributed by atoms with E-state index in [4.69, 9.17) is 0 Å². The Hall–Kier alpha value is -1.18. The van der Waals surface area contributed by atoms with Gasteiger partial charge in [0, 0.05) is 19.2 Å². The van der Waals surface area contributed by atoms with Gasteiger partial charge in [-0.1, -0.05) is 6.58 Å². The average Bonchev–Trinajstić information content (AvgIpc) is 2.64. The molecule has 15 heavy (non-hydrogen) atoms. The average molecular weight is 322 g/mol. The molecule has 1 heterocycles. The number of carbonyl (C=O) groups excluding carboxylic acids is 2. The van der Waals surface area contributed by atoms with Crippen LogP contribution in [-0.2, 0) is 9.53 Å². The highest BCUT2D eigenvalue weighted by Crippen LogP contribution is 1.99. The zero-order valence-electron chi connectivity index (χ0n) is 8.44. The summed E-state index contributed by atoms with van der Waals surface area (Å²) < 4.78 is 6.42. The predicted molar refractivity (Wildman–Crippen MR) is 63.5 cm³/mol. The smallest absolute Gasteiger partial charge is 0.329 e. The van der Waals surface area contributed by atoms with Crippen molar-refractivity contribution in [1.29, 1.82) is 0 Å². The zero-order chi connectivity index (χ0) is 11.8. The van der Waals surface area contributed by atoms with Crippen LogP contribution in [0.1, 0.15) is 11.7 Å². The molecule has 0 bridgehead atoms. The molecule has 0 fully saturated rings. The molecule has 82 valence electrons. The quantitative estimate of drug-likeness (QED) is 0.447. The molecular formula is C9H11IN2O3. The van der Waals surface area contributed by atoms with Crippen molar-refractivity contribution in [2.45, 2.75) is 6.92 Å². The molecule has 1 rings (SSSR count). The Labute approximate surface area is 101 Å². The van der Waals surface area contributed by atoms with E-state index in [1.807, 2.05) is 0 Å². The van der Waals surface area contributed by atoms with Crippen molar-refractivity contribution in [3.63, 3.8) is 0 Å². The molecule has 0 N–H and O–H groups in total.